The summed E-state index contributed by atoms with van der Waals surface area (Å²) in [6.45, 7) is 0.0174. The summed E-state index contributed by atoms with van der Waals surface area (Å²) in [5.41, 5.74) is 0. The van der Waals surface area contributed by atoms with Gasteiger partial charge < -0.3 is 0 Å². The third kappa shape index (κ3) is 4.52. The summed E-state index contributed by atoms with van der Waals surface area (Å²) in [5, 5.41) is 7.91. The summed E-state index contributed by atoms with van der Waals surface area (Å²) in [6, 6.07) is 0. The average Bonchev–Trinajstić information content (AvgIpc) is 1.41. The Morgan fingerprint density at radius 1 is 1.80 bits per heavy atom. The first-order chi connectivity index (χ1) is 2.41. The first-order valence-electron chi connectivity index (χ1n) is 1.42. The topological polar surface area (TPSA) is 20.2 Å². The quantitative estimate of drug-likeness (QED) is 0.294. The molecule has 0 rings (SSSR count). The molecule has 0 aromatic rings. The Labute approximate surface area is 48.8 Å². The van der Waals surface area contributed by atoms with Gasteiger partial charge >= 0.3 is 48.7 Å². The number of hydrogen-bond acceptors (Lipinski definition) is 1. The van der Waals surface area contributed by atoms with Crippen molar-refractivity contribution in [3.05, 3.63) is 0 Å². The molecule has 5 heavy (non-hydrogen) atoms. The van der Waals surface area contributed by atoms with Crippen LogP contribution in [0.3, 0.4) is 0 Å². The number of aliphatic hydroxyl groups excluding tert-OH is 1. The number of hydrogen-bond donors (Lipinski definition) is 1. The van der Waals surface area contributed by atoms with Crippen molar-refractivity contribution >= 4 is 27.9 Å². The predicted octanol–water partition coefficient (Wildman–Crippen LogP) is -0.892. The van der Waals surface area contributed by atoms with Crippen LogP contribution in [0.5, 0.6) is 0 Å². The van der Waals surface area contributed by atoms with E-state index in [9.17, 15) is 0 Å². The van der Waals surface area contributed by atoms with Gasteiger partial charge in [-0.1, -0.05) is 0 Å². The second kappa shape index (κ2) is 4.52. The number of rotatable bonds is 0. The van der Waals surface area contributed by atoms with Crippen LogP contribution in [0.15, 0.2) is 0 Å². The second-order valence-electron chi connectivity index (χ2n) is 0.585. The minimum atomic E-state index is 0.0174. The molecule has 0 saturated carbocycles. The van der Waals surface area contributed by atoms with Crippen LogP contribution in [0, 0.1) is 9.09 Å². The standard InChI is InChI=1S/C3H3O.Na/c1-2-3-4;/h4H,3H2;. The van der Waals surface area contributed by atoms with E-state index in [1.165, 1.54) is 0 Å². The first-order valence-corrected chi connectivity index (χ1v) is 2.42. The van der Waals surface area contributed by atoms with E-state index < -0.39 is 0 Å². The third-order valence-electron chi connectivity index (χ3n) is 0.256. The van der Waals surface area contributed by atoms with Gasteiger partial charge in [0.2, 0.25) is 0 Å². The molecule has 0 bridgehead atoms. The van der Waals surface area contributed by atoms with E-state index in [0.29, 0.717) is 0 Å². The van der Waals surface area contributed by atoms with Crippen LogP contribution in [-0.2, 0) is 0 Å². The van der Waals surface area contributed by atoms with Gasteiger partial charge in [-0.3, -0.25) is 0 Å². The van der Waals surface area contributed by atoms with Gasteiger partial charge in [-0.25, -0.2) is 0 Å². The molecule has 0 aromatic carbocycles. The van der Waals surface area contributed by atoms with Crippen molar-refractivity contribution in [2.24, 2.45) is 0 Å². The summed E-state index contributed by atoms with van der Waals surface area (Å²) >= 11 is 0.878. The molecule has 0 spiro atoms. The molecule has 0 aliphatic rings. The van der Waals surface area contributed by atoms with Crippen LogP contribution in [0.1, 0.15) is 0 Å². The Morgan fingerprint density at radius 2 is 2.40 bits per heavy atom. The molecule has 2 heteroatoms. The van der Waals surface area contributed by atoms with Crippen molar-refractivity contribution in [2.45, 2.75) is 0 Å². The van der Waals surface area contributed by atoms with E-state index in [0.717, 1.165) is 27.9 Å². The van der Waals surface area contributed by atoms with Crippen LogP contribution in [0.4, 0.5) is 0 Å². The number of aliphatic hydroxyl groups is 1. The summed E-state index contributed by atoms with van der Waals surface area (Å²) in [4.78, 5) is 0. The molecule has 22 valence electrons. The molecule has 0 atom stereocenters. The van der Waals surface area contributed by atoms with E-state index in [4.69, 9.17) is 5.11 Å². The Morgan fingerprint density at radius 3 is 2.40 bits per heavy atom. The zero-order valence-corrected chi connectivity index (χ0v) is 5.15. The van der Waals surface area contributed by atoms with Gasteiger partial charge in [0, 0.05) is 0 Å². The van der Waals surface area contributed by atoms with E-state index >= 15 is 0 Å². The monoisotopic (exact) mass is 78.0 g/mol. The van der Waals surface area contributed by atoms with E-state index in [1.807, 2.05) is 0 Å². The fourth-order valence-corrected chi connectivity index (χ4v) is 0.237. The molecule has 0 heterocycles. The Kier molecular flexibility index (Phi) is 4.99. The molecule has 0 unspecified atom stereocenters. The molecule has 0 aliphatic heterocycles. The van der Waals surface area contributed by atoms with Crippen LogP contribution in [0.2, 0.25) is 0 Å². The van der Waals surface area contributed by atoms with Crippen molar-refractivity contribution < 1.29 is 5.11 Å². The molecule has 0 fully saturated rings. The zero-order chi connectivity index (χ0) is 4.12. The Hall–Kier alpha value is 0.520. The molecular weight excluding hydrogens is 75.0 g/mol. The van der Waals surface area contributed by atoms with Crippen molar-refractivity contribution in [2.75, 3.05) is 6.61 Å². The average molecular weight is 78.0 g/mol. The molecule has 1 nitrogen and oxygen atoms in total. The Balaban J connectivity index is 2.81. The zero-order valence-electron chi connectivity index (χ0n) is 3.15. The van der Waals surface area contributed by atoms with Crippen molar-refractivity contribution in [1.82, 2.24) is 0 Å². The second-order valence-corrected chi connectivity index (χ2v) is 1.08. The molecule has 0 amide bonds. The Bertz CT molecular complexity index is 59.0. The van der Waals surface area contributed by atoms with Gasteiger partial charge in [0.05, 0.1) is 0 Å². The third-order valence-corrected chi connectivity index (χ3v) is 0.609. The molecule has 0 saturated heterocycles. The molecule has 0 aliphatic carbocycles. The van der Waals surface area contributed by atoms with Crippen molar-refractivity contribution in [3.8, 4) is 9.09 Å². The van der Waals surface area contributed by atoms with E-state index in [-0.39, 0.29) is 6.61 Å². The summed E-state index contributed by atoms with van der Waals surface area (Å²) < 4.78 is 2.66. The van der Waals surface area contributed by atoms with Crippen LogP contribution in [-0.4, -0.2) is 39.6 Å². The molecular formula is C3H3NaO. The SMILES string of the molecule is OCC#[C][Na]. The molecule has 0 radical (unpaired) electrons. The van der Waals surface area contributed by atoms with Crippen LogP contribution in [0.25, 0.3) is 0 Å². The van der Waals surface area contributed by atoms with Gasteiger partial charge in [-0.05, 0) is 0 Å². The summed E-state index contributed by atoms with van der Waals surface area (Å²) in [7, 11) is 0. The molecule has 0 aromatic heterocycles. The fraction of sp³-hybridized carbons (Fsp3) is 0.333. The fourth-order valence-electron chi connectivity index (χ4n) is 0.0791. The normalized spacial score (nSPS) is 5.40. The van der Waals surface area contributed by atoms with Gasteiger partial charge in [-0.15, -0.1) is 0 Å². The van der Waals surface area contributed by atoms with Crippen LogP contribution < -0.4 is 0 Å². The van der Waals surface area contributed by atoms with E-state index in [1.54, 1.807) is 0 Å². The predicted molar refractivity (Wildman–Crippen MR) is 20.6 cm³/mol. The maximum absolute atomic E-state index is 7.91. The van der Waals surface area contributed by atoms with Crippen molar-refractivity contribution in [3.63, 3.8) is 0 Å². The van der Waals surface area contributed by atoms with Gasteiger partial charge in [0.1, 0.15) is 0 Å². The van der Waals surface area contributed by atoms with Gasteiger partial charge in [0.25, 0.3) is 0 Å². The summed E-state index contributed by atoms with van der Waals surface area (Å²) in [5.74, 6) is 2.48. The van der Waals surface area contributed by atoms with Gasteiger partial charge in [0.15, 0.2) is 0 Å². The molecule has 1 N–H and O–H groups in total. The van der Waals surface area contributed by atoms with Gasteiger partial charge in [-0.2, -0.15) is 0 Å². The van der Waals surface area contributed by atoms with Crippen molar-refractivity contribution in [1.29, 1.82) is 0 Å². The summed E-state index contributed by atoms with van der Waals surface area (Å²) in [6.07, 6.45) is 0. The minimum absolute atomic E-state index is 0.0174. The van der Waals surface area contributed by atoms with Crippen LogP contribution >= 0.6 is 0 Å². The maximum atomic E-state index is 7.91. The van der Waals surface area contributed by atoms with E-state index in [2.05, 4.69) is 9.09 Å². The first kappa shape index (κ1) is 5.52.